The first kappa shape index (κ1) is 13.8. The van der Waals surface area contributed by atoms with E-state index in [0.717, 1.165) is 25.9 Å². The van der Waals surface area contributed by atoms with Gasteiger partial charge in [-0.15, -0.1) is 0 Å². The summed E-state index contributed by atoms with van der Waals surface area (Å²) in [6.45, 7) is 9.60. The lowest BCUT2D eigenvalue weighted by atomic mass is 9.86. The summed E-state index contributed by atoms with van der Waals surface area (Å²) in [5.74, 6) is 1.27. The zero-order chi connectivity index (χ0) is 13.6. The van der Waals surface area contributed by atoms with Gasteiger partial charge in [0.1, 0.15) is 5.41 Å². The quantitative estimate of drug-likeness (QED) is 0.735. The molecule has 1 saturated heterocycles. The number of hydrogen-bond donors (Lipinski definition) is 0. The van der Waals surface area contributed by atoms with Gasteiger partial charge < -0.3 is 4.90 Å². The third-order valence-electron chi connectivity index (χ3n) is 4.71. The Kier molecular flexibility index (Phi) is 3.41. The van der Waals surface area contributed by atoms with Crippen LogP contribution in [0.2, 0.25) is 0 Å². The SMILES string of the molecule is C=C(N1CCC(C(C)C)CC1)C1(C(F)(F)F)CC1. The zero-order valence-electron chi connectivity index (χ0n) is 11.2. The second-order valence-corrected chi connectivity index (χ2v) is 6.10. The van der Waals surface area contributed by atoms with Gasteiger partial charge in [0.15, 0.2) is 0 Å². The van der Waals surface area contributed by atoms with Gasteiger partial charge in [-0.25, -0.2) is 0 Å². The summed E-state index contributed by atoms with van der Waals surface area (Å²) in [5.41, 5.74) is -1.27. The number of nitrogens with zero attached hydrogens (tertiary/aromatic N) is 1. The van der Waals surface area contributed by atoms with Gasteiger partial charge >= 0.3 is 6.18 Å². The minimum atomic E-state index is -4.13. The number of alkyl halides is 3. The first-order chi connectivity index (χ1) is 8.28. The van der Waals surface area contributed by atoms with Gasteiger partial charge in [0, 0.05) is 18.8 Å². The van der Waals surface area contributed by atoms with E-state index in [2.05, 4.69) is 20.4 Å². The van der Waals surface area contributed by atoms with Crippen molar-refractivity contribution in [2.24, 2.45) is 17.3 Å². The van der Waals surface area contributed by atoms with Crippen molar-refractivity contribution in [3.63, 3.8) is 0 Å². The van der Waals surface area contributed by atoms with E-state index in [9.17, 15) is 13.2 Å². The molecule has 0 aromatic heterocycles. The molecule has 18 heavy (non-hydrogen) atoms. The van der Waals surface area contributed by atoms with Crippen molar-refractivity contribution in [2.45, 2.75) is 45.7 Å². The zero-order valence-corrected chi connectivity index (χ0v) is 11.2. The summed E-state index contributed by atoms with van der Waals surface area (Å²) in [6.07, 6.45) is -1.70. The van der Waals surface area contributed by atoms with Crippen LogP contribution in [-0.4, -0.2) is 24.2 Å². The topological polar surface area (TPSA) is 3.24 Å². The lowest BCUT2D eigenvalue weighted by Gasteiger charge is -2.39. The van der Waals surface area contributed by atoms with Crippen molar-refractivity contribution in [2.75, 3.05) is 13.1 Å². The Balaban J connectivity index is 1.97. The number of piperidine rings is 1. The minimum absolute atomic E-state index is 0.222. The smallest absolute Gasteiger partial charge is 0.375 e. The molecule has 0 atom stereocenters. The molecular formula is C14H22F3N. The van der Waals surface area contributed by atoms with Crippen molar-refractivity contribution < 1.29 is 13.2 Å². The second-order valence-electron chi connectivity index (χ2n) is 6.10. The maximum Gasteiger partial charge on any atom is 0.399 e. The molecule has 0 aromatic carbocycles. The van der Waals surface area contributed by atoms with Gasteiger partial charge in [-0.05, 0) is 37.5 Å². The lowest BCUT2D eigenvalue weighted by molar-refractivity contribution is -0.180. The molecule has 0 aromatic rings. The fourth-order valence-electron chi connectivity index (χ4n) is 3.00. The monoisotopic (exact) mass is 261 g/mol. The standard InChI is InChI=1S/C14H22F3N/c1-10(2)12-4-8-18(9-5-12)11(3)13(6-7-13)14(15,16)17/h10,12H,3-9H2,1-2H3. The maximum absolute atomic E-state index is 13.0. The fourth-order valence-corrected chi connectivity index (χ4v) is 3.00. The highest BCUT2D eigenvalue weighted by Crippen LogP contribution is 2.62. The van der Waals surface area contributed by atoms with Crippen LogP contribution in [0.1, 0.15) is 39.5 Å². The van der Waals surface area contributed by atoms with E-state index in [1.54, 1.807) is 0 Å². The summed E-state index contributed by atoms with van der Waals surface area (Å²) in [5, 5.41) is 0. The molecule has 1 saturated carbocycles. The summed E-state index contributed by atoms with van der Waals surface area (Å²) < 4.78 is 39.1. The fraction of sp³-hybridized carbons (Fsp3) is 0.857. The molecule has 0 radical (unpaired) electrons. The van der Waals surface area contributed by atoms with Crippen LogP contribution < -0.4 is 0 Å². The molecule has 2 rings (SSSR count). The highest BCUT2D eigenvalue weighted by atomic mass is 19.4. The molecule has 0 bridgehead atoms. The molecule has 4 heteroatoms. The van der Waals surface area contributed by atoms with Gasteiger partial charge in [-0.3, -0.25) is 0 Å². The van der Waals surface area contributed by atoms with Crippen molar-refractivity contribution in [3.8, 4) is 0 Å². The predicted molar refractivity (Wildman–Crippen MR) is 66.0 cm³/mol. The first-order valence-electron chi connectivity index (χ1n) is 6.79. The highest BCUT2D eigenvalue weighted by Gasteiger charge is 2.65. The normalized spacial score (nSPS) is 24.4. The molecule has 1 heterocycles. The number of rotatable bonds is 3. The van der Waals surface area contributed by atoms with E-state index in [0.29, 0.717) is 17.5 Å². The van der Waals surface area contributed by atoms with Gasteiger partial charge in [-0.2, -0.15) is 13.2 Å². The van der Waals surface area contributed by atoms with Crippen molar-refractivity contribution >= 4 is 0 Å². The Morgan fingerprint density at radius 1 is 1.22 bits per heavy atom. The molecule has 1 aliphatic carbocycles. The van der Waals surface area contributed by atoms with Crippen LogP contribution in [0, 0.1) is 17.3 Å². The van der Waals surface area contributed by atoms with Crippen LogP contribution in [0.5, 0.6) is 0 Å². The Bertz CT molecular complexity index is 320. The summed E-state index contributed by atoms with van der Waals surface area (Å²) in [6, 6.07) is 0. The van der Waals surface area contributed by atoms with Crippen molar-refractivity contribution in [1.29, 1.82) is 0 Å². The molecule has 0 amide bonds. The second kappa shape index (κ2) is 4.46. The van der Waals surface area contributed by atoms with E-state index >= 15 is 0 Å². The average Bonchev–Trinajstić information content (AvgIpc) is 3.08. The molecule has 0 unspecified atom stereocenters. The molecule has 0 N–H and O–H groups in total. The Hall–Kier alpha value is -0.670. The Morgan fingerprint density at radius 3 is 2.06 bits per heavy atom. The summed E-state index contributed by atoms with van der Waals surface area (Å²) in [4.78, 5) is 1.87. The molecule has 0 spiro atoms. The number of hydrogen-bond acceptors (Lipinski definition) is 1. The van der Waals surface area contributed by atoms with E-state index in [1.165, 1.54) is 0 Å². The van der Waals surface area contributed by atoms with Crippen molar-refractivity contribution in [3.05, 3.63) is 12.3 Å². The molecule has 1 nitrogen and oxygen atoms in total. The minimum Gasteiger partial charge on any atom is -0.375 e. The van der Waals surface area contributed by atoms with E-state index in [-0.39, 0.29) is 12.8 Å². The molecular weight excluding hydrogens is 239 g/mol. The highest BCUT2D eigenvalue weighted by molar-refractivity contribution is 5.22. The lowest BCUT2D eigenvalue weighted by Crippen LogP contribution is -2.40. The van der Waals surface area contributed by atoms with E-state index in [4.69, 9.17) is 0 Å². The third-order valence-corrected chi connectivity index (χ3v) is 4.71. The predicted octanol–water partition coefficient (Wildman–Crippen LogP) is 4.21. The molecule has 104 valence electrons. The van der Waals surface area contributed by atoms with Crippen LogP contribution >= 0.6 is 0 Å². The van der Waals surface area contributed by atoms with Gasteiger partial charge in [0.05, 0.1) is 0 Å². The van der Waals surface area contributed by atoms with Crippen LogP contribution in [0.15, 0.2) is 12.3 Å². The van der Waals surface area contributed by atoms with Crippen molar-refractivity contribution in [1.82, 2.24) is 4.90 Å². The van der Waals surface area contributed by atoms with E-state index in [1.807, 2.05) is 4.90 Å². The average molecular weight is 261 g/mol. The van der Waals surface area contributed by atoms with Gasteiger partial charge in [-0.1, -0.05) is 20.4 Å². The number of allylic oxidation sites excluding steroid dienone is 1. The van der Waals surface area contributed by atoms with Crippen LogP contribution in [0.25, 0.3) is 0 Å². The van der Waals surface area contributed by atoms with Gasteiger partial charge in [0.25, 0.3) is 0 Å². The summed E-state index contributed by atoms with van der Waals surface area (Å²) >= 11 is 0. The van der Waals surface area contributed by atoms with Crippen LogP contribution in [0.3, 0.4) is 0 Å². The van der Waals surface area contributed by atoms with Gasteiger partial charge in [0.2, 0.25) is 0 Å². The Labute approximate surface area is 107 Å². The largest absolute Gasteiger partial charge is 0.399 e. The first-order valence-corrected chi connectivity index (χ1v) is 6.79. The molecule has 2 fully saturated rings. The van der Waals surface area contributed by atoms with Crippen LogP contribution in [0.4, 0.5) is 13.2 Å². The summed E-state index contributed by atoms with van der Waals surface area (Å²) in [7, 11) is 0. The molecule has 2 aliphatic rings. The van der Waals surface area contributed by atoms with Crippen LogP contribution in [-0.2, 0) is 0 Å². The maximum atomic E-state index is 13.0. The van der Waals surface area contributed by atoms with E-state index < -0.39 is 11.6 Å². The number of halogens is 3. The Morgan fingerprint density at radius 2 is 1.72 bits per heavy atom. The molecule has 1 aliphatic heterocycles. The number of likely N-dealkylation sites (tertiary alicyclic amines) is 1. The third kappa shape index (κ3) is 2.26.